The molecule has 6 heteroatoms. The summed E-state index contributed by atoms with van der Waals surface area (Å²) in [6.45, 7) is 4.96. The van der Waals surface area contributed by atoms with Crippen molar-refractivity contribution in [1.29, 1.82) is 0 Å². The molecule has 428 valence electrons. The summed E-state index contributed by atoms with van der Waals surface area (Å²) in [5, 5.41) is 23.1. The van der Waals surface area contributed by atoms with Gasteiger partial charge in [-0.25, -0.2) is 0 Å². The highest BCUT2D eigenvalue weighted by atomic mass is 16.5. The maximum absolute atomic E-state index is 12.4. The summed E-state index contributed by atoms with van der Waals surface area (Å²) in [6, 6.07) is -0.536. The summed E-state index contributed by atoms with van der Waals surface area (Å²) in [5.74, 6) is -0.0146. The van der Waals surface area contributed by atoms with Gasteiger partial charge in [-0.05, 0) is 51.4 Å². The van der Waals surface area contributed by atoms with Crippen molar-refractivity contribution in [2.45, 2.75) is 386 Å². The van der Waals surface area contributed by atoms with Crippen LogP contribution in [0.2, 0.25) is 0 Å². The predicted molar refractivity (Wildman–Crippen MR) is 315 cm³/mol. The molecule has 3 N–H and O–H groups in total. The Morgan fingerprint density at radius 1 is 0.375 bits per heavy atom. The Balaban J connectivity index is 3.29. The van der Waals surface area contributed by atoms with Crippen molar-refractivity contribution in [1.82, 2.24) is 5.32 Å². The third-order valence-corrected chi connectivity index (χ3v) is 15.6. The molecule has 0 aromatic rings. The number of rotatable bonds is 62. The number of allylic oxidation sites excluding steroid dienone is 2. The lowest BCUT2D eigenvalue weighted by atomic mass is 10.0. The van der Waals surface area contributed by atoms with Crippen molar-refractivity contribution in [2.75, 3.05) is 13.2 Å². The molecule has 0 saturated heterocycles. The van der Waals surface area contributed by atoms with Crippen molar-refractivity contribution in [2.24, 2.45) is 0 Å². The van der Waals surface area contributed by atoms with E-state index in [0.717, 1.165) is 38.5 Å². The molecule has 0 aliphatic heterocycles. The molecule has 2 atom stereocenters. The van der Waals surface area contributed by atoms with E-state index in [0.29, 0.717) is 25.9 Å². The van der Waals surface area contributed by atoms with Gasteiger partial charge in [0, 0.05) is 12.8 Å². The molecule has 0 bridgehead atoms. The Labute approximate surface area is 450 Å². The Hall–Kier alpha value is -1.40. The number of amides is 1. The van der Waals surface area contributed by atoms with Gasteiger partial charge in [0.15, 0.2) is 0 Å². The fraction of sp³-hybridized carbons (Fsp3) is 0.939. The van der Waals surface area contributed by atoms with Crippen LogP contribution >= 0.6 is 0 Å². The number of hydrogen-bond donors (Lipinski definition) is 3. The van der Waals surface area contributed by atoms with E-state index < -0.39 is 12.1 Å². The number of nitrogens with one attached hydrogen (secondary N) is 1. The van der Waals surface area contributed by atoms with Crippen molar-refractivity contribution in [3.8, 4) is 0 Å². The van der Waals surface area contributed by atoms with Gasteiger partial charge in [0.05, 0.1) is 25.4 Å². The van der Waals surface area contributed by atoms with E-state index in [1.54, 1.807) is 0 Å². The van der Waals surface area contributed by atoms with E-state index in [1.165, 1.54) is 302 Å². The van der Waals surface area contributed by atoms with Crippen molar-refractivity contribution in [3.63, 3.8) is 0 Å². The first-order valence-electron chi connectivity index (χ1n) is 32.9. The van der Waals surface area contributed by atoms with Crippen LogP contribution in [0.15, 0.2) is 12.2 Å². The topological polar surface area (TPSA) is 95.9 Å². The zero-order valence-electron chi connectivity index (χ0n) is 48.9. The first-order chi connectivity index (χ1) is 35.5. The van der Waals surface area contributed by atoms with Crippen molar-refractivity contribution in [3.05, 3.63) is 12.2 Å². The molecule has 6 nitrogen and oxygen atoms in total. The summed E-state index contributed by atoms with van der Waals surface area (Å²) in [7, 11) is 0. The Morgan fingerprint density at radius 2 is 0.653 bits per heavy atom. The zero-order valence-corrected chi connectivity index (χ0v) is 48.9. The Bertz CT molecular complexity index is 1080. The fourth-order valence-corrected chi connectivity index (χ4v) is 10.5. The van der Waals surface area contributed by atoms with E-state index in [2.05, 4.69) is 31.3 Å². The van der Waals surface area contributed by atoms with Gasteiger partial charge in [0.1, 0.15) is 0 Å². The summed E-state index contributed by atoms with van der Waals surface area (Å²) in [4.78, 5) is 24.5. The van der Waals surface area contributed by atoms with Gasteiger partial charge in [-0.3, -0.25) is 9.59 Å². The largest absolute Gasteiger partial charge is 0.466 e. The number of ether oxygens (including phenoxy) is 1. The monoisotopic (exact) mass is 1020 g/mol. The number of aliphatic hydroxyl groups is 2. The zero-order chi connectivity index (χ0) is 52.2. The smallest absolute Gasteiger partial charge is 0.305 e. The van der Waals surface area contributed by atoms with E-state index in [4.69, 9.17) is 4.74 Å². The molecule has 0 saturated carbocycles. The molecule has 0 rings (SSSR count). The standard InChI is InChI=1S/C66H129NO5/c1-3-5-7-9-11-13-14-15-16-17-27-31-34-37-40-44-48-52-56-60-66(71)72-61-57-53-49-45-41-38-35-32-29-26-24-22-20-18-19-21-23-25-28-30-33-36-39-43-47-51-55-59-65(70)67-63(62-68)64(69)58-54-50-46-42-12-10-8-6-4-2/h15-16,63-64,68-69H,3-14,17-62H2,1-2H3,(H,67,70)/b16-15-. The second-order valence-corrected chi connectivity index (χ2v) is 22.8. The molecule has 2 unspecified atom stereocenters. The van der Waals surface area contributed by atoms with Crippen LogP contribution in [-0.4, -0.2) is 47.4 Å². The number of aliphatic hydroxyl groups excluding tert-OH is 2. The van der Waals surface area contributed by atoms with Crippen LogP contribution in [0.4, 0.5) is 0 Å². The molecule has 0 fully saturated rings. The molecular formula is C66H129NO5. The molecule has 0 spiro atoms. The van der Waals surface area contributed by atoms with Gasteiger partial charge in [-0.2, -0.15) is 0 Å². The van der Waals surface area contributed by atoms with Gasteiger partial charge in [-0.15, -0.1) is 0 Å². The highest BCUT2D eigenvalue weighted by Crippen LogP contribution is 2.19. The van der Waals surface area contributed by atoms with Crippen LogP contribution in [0.5, 0.6) is 0 Å². The van der Waals surface area contributed by atoms with Crippen LogP contribution in [0.3, 0.4) is 0 Å². The van der Waals surface area contributed by atoms with Crippen LogP contribution in [0, 0.1) is 0 Å². The van der Waals surface area contributed by atoms with E-state index >= 15 is 0 Å². The number of hydrogen-bond acceptors (Lipinski definition) is 5. The van der Waals surface area contributed by atoms with Crippen LogP contribution in [0.1, 0.15) is 373 Å². The molecule has 72 heavy (non-hydrogen) atoms. The van der Waals surface area contributed by atoms with Gasteiger partial charge in [0.2, 0.25) is 5.91 Å². The van der Waals surface area contributed by atoms with Crippen LogP contribution in [0.25, 0.3) is 0 Å². The third-order valence-electron chi connectivity index (χ3n) is 15.6. The highest BCUT2D eigenvalue weighted by molar-refractivity contribution is 5.76. The summed E-state index contributed by atoms with van der Waals surface area (Å²) in [5.41, 5.74) is 0. The lowest BCUT2D eigenvalue weighted by molar-refractivity contribution is -0.143. The molecule has 0 heterocycles. The quantitative estimate of drug-likeness (QED) is 0.0320. The number of carbonyl (C=O) groups excluding carboxylic acids is 2. The number of carbonyl (C=O) groups is 2. The van der Waals surface area contributed by atoms with Crippen LogP contribution in [-0.2, 0) is 14.3 Å². The summed E-state index contributed by atoms with van der Waals surface area (Å²) in [6.07, 6.45) is 75.4. The lowest BCUT2D eigenvalue weighted by Gasteiger charge is -2.22. The van der Waals surface area contributed by atoms with Crippen LogP contribution < -0.4 is 5.32 Å². The second-order valence-electron chi connectivity index (χ2n) is 22.8. The van der Waals surface area contributed by atoms with Crippen molar-refractivity contribution >= 4 is 11.9 Å². The minimum atomic E-state index is -0.659. The second kappa shape index (κ2) is 62.1. The SMILES string of the molecule is CCCCCCCC/C=C\CCCCCCCCCCCC(=O)OCCCCCCCCCCCCCCCCCCCCCCCCCCCCCC(=O)NC(CO)C(O)CCCCCCCCCCC. The first-order valence-corrected chi connectivity index (χ1v) is 32.9. The molecule has 0 radical (unpaired) electrons. The minimum absolute atomic E-state index is 0.0183. The Kier molecular flexibility index (Phi) is 60.9. The normalized spacial score (nSPS) is 12.6. The Morgan fingerprint density at radius 3 is 0.986 bits per heavy atom. The molecular weight excluding hydrogens is 887 g/mol. The van der Waals surface area contributed by atoms with Gasteiger partial charge < -0.3 is 20.3 Å². The number of unbranched alkanes of at least 4 members (excludes halogenated alkanes) is 49. The van der Waals surface area contributed by atoms with E-state index in [1.807, 2.05) is 0 Å². The maximum Gasteiger partial charge on any atom is 0.305 e. The maximum atomic E-state index is 12.4. The molecule has 0 aliphatic rings. The minimum Gasteiger partial charge on any atom is -0.466 e. The molecule has 1 amide bonds. The average Bonchev–Trinajstić information content (AvgIpc) is 3.38. The summed E-state index contributed by atoms with van der Waals surface area (Å²) >= 11 is 0. The average molecular weight is 1020 g/mol. The van der Waals surface area contributed by atoms with Gasteiger partial charge in [0.25, 0.3) is 0 Å². The first kappa shape index (κ1) is 70.6. The van der Waals surface area contributed by atoms with E-state index in [-0.39, 0.29) is 18.5 Å². The lowest BCUT2D eigenvalue weighted by Crippen LogP contribution is -2.45. The van der Waals surface area contributed by atoms with E-state index in [9.17, 15) is 19.8 Å². The fourth-order valence-electron chi connectivity index (χ4n) is 10.5. The molecule has 0 aliphatic carbocycles. The predicted octanol–water partition coefficient (Wildman–Crippen LogP) is 20.8. The van der Waals surface area contributed by atoms with Gasteiger partial charge in [-0.1, -0.05) is 321 Å². The van der Waals surface area contributed by atoms with Crippen molar-refractivity contribution < 1.29 is 24.5 Å². The third kappa shape index (κ3) is 57.9. The molecule has 0 aromatic heterocycles. The van der Waals surface area contributed by atoms with Gasteiger partial charge >= 0.3 is 5.97 Å². The highest BCUT2D eigenvalue weighted by Gasteiger charge is 2.20. The summed E-state index contributed by atoms with van der Waals surface area (Å²) < 4.78 is 5.51. The number of esters is 1. The molecule has 0 aromatic carbocycles.